The predicted molar refractivity (Wildman–Crippen MR) is 49.1 cm³/mol. The molecule has 0 spiro atoms. The van der Waals surface area contributed by atoms with Crippen LogP contribution in [0.4, 0.5) is 0 Å². The van der Waals surface area contributed by atoms with E-state index in [2.05, 4.69) is 15.6 Å². The van der Waals surface area contributed by atoms with Crippen molar-refractivity contribution in [3.63, 3.8) is 0 Å². The van der Waals surface area contributed by atoms with Gasteiger partial charge in [0, 0.05) is 20.2 Å². The summed E-state index contributed by atoms with van der Waals surface area (Å²) in [6.07, 6.45) is 4.27. The van der Waals surface area contributed by atoms with Gasteiger partial charge in [-0.25, -0.2) is 0 Å². The number of nitrogens with one attached hydrogen (secondary N) is 2. The average molecular weight is 182 g/mol. The lowest BCUT2D eigenvalue weighted by Gasteiger charge is -2.11. The fourth-order valence-electron chi connectivity index (χ4n) is 1.25. The van der Waals surface area contributed by atoms with E-state index in [4.69, 9.17) is 10.00 Å². The summed E-state index contributed by atoms with van der Waals surface area (Å²) >= 11 is 0. The van der Waals surface area contributed by atoms with Gasteiger partial charge in [-0.1, -0.05) is 0 Å². The standard InChI is InChI=1S/C8H14N4O/c1-10-8(12-6-9)11-5-7-3-2-4-13-7/h7H,2-5H2,1H3,(H2,10,11,12). The van der Waals surface area contributed by atoms with Crippen LogP contribution in [0.25, 0.3) is 0 Å². The normalized spacial score (nSPS) is 22.5. The predicted octanol–water partition coefficient (Wildman–Crippen LogP) is -0.189. The SMILES string of the molecule is CN=C(NC#N)NCC1CCCO1. The first-order chi connectivity index (χ1) is 6.36. The van der Waals surface area contributed by atoms with Crippen molar-refractivity contribution in [1.82, 2.24) is 10.6 Å². The molecule has 1 aliphatic rings. The van der Waals surface area contributed by atoms with E-state index in [9.17, 15) is 0 Å². The molecule has 0 amide bonds. The zero-order valence-corrected chi connectivity index (χ0v) is 7.71. The quantitative estimate of drug-likeness (QED) is 0.269. The molecule has 2 N–H and O–H groups in total. The van der Waals surface area contributed by atoms with Gasteiger partial charge in [-0.3, -0.25) is 10.3 Å². The minimum Gasteiger partial charge on any atom is -0.376 e. The molecule has 5 nitrogen and oxygen atoms in total. The molecule has 0 aromatic heterocycles. The van der Waals surface area contributed by atoms with Crippen LogP contribution in [0.1, 0.15) is 12.8 Å². The van der Waals surface area contributed by atoms with Gasteiger partial charge in [-0.15, -0.1) is 0 Å². The van der Waals surface area contributed by atoms with Crippen LogP contribution in [0.3, 0.4) is 0 Å². The molecule has 1 atom stereocenters. The molecule has 1 fully saturated rings. The Labute approximate surface area is 77.8 Å². The maximum absolute atomic E-state index is 8.35. The number of guanidine groups is 1. The molecule has 5 heteroatoms. The van der Waals surface area contributed by atoms with Gasteiger partial charge in [0.15, 0.2) is 6.19 Å². The molecule has 13 heavy (non-hydrogen) atoms. The van der Waals surface area contributed by atoms with Gasteiger partial charge in [0.25, 0.3) is 0 Å². The van der Waals surface area contributed by atoms with Crippen molar-refractivity contribution in [3.05, 3.63) is 0 Å². The summed E-state index contributed by atoms with van der Waals surface area (Å²) in [5.41, 5.74) is 0. The van der Waals surface area contributed by atoms with Gasteiger partial charge in [-0.05, 0) is 12.8 Å². The second kappa shape index (κ2) is 5.38. The van der Waals surface area contributed by atoms with Crippen molar-refractivity contribution in [2.45, 2.75) is 18.9 Å². The fourth-order valence-corrected chi connectivity index (χ4v) is 1.25. The Balaban J connectivity index is 2.20. The van der Waals surface area contributed by atoms with Crippen LogP contribution in [0.15, 0.2) is 4.99 Å². The highest BCUT2D eigenvalue weighted by Crippen LogP contribution is 2.10. The minimum atomic E-state index is 0.261. The van der Waals surface area contributed by atoms with E-state index in [0.29, 0.717) is 12.5 Å². The Bertz CT molecular complexity index is 215. The summed E-state index contributed by atoms with van der Waals surface area (Å²) in [6.45, 7) is 1.55. The van der Waals surface area contributed by atoms with Crippen molar-refractivity contribution in [1.29, 1.82) is 5.26 Å². The lowest BCUT2D eigenvalue weighted by Crippen LogP contribution is -2.38. The van der Waals surface area contributed by atoms with Crippen molar-refractivity contribution in [2.75, 3.05) is 20.2 Å². The van der Waals surface area contributed by atoms with E-state index < -0.39 is 0 Å². The number of rotatable bonds is 2. The fraction of sp³-hybridized carbons (Fsp3) is 0.750. The lowest BCUT2D eigenvalue weighted by molar-refractivity contribution is 0.114. The summed E-state index contributed by atoms with van der Waals surface area (Å²) in [5, 5.41) is 13.8. The zero-order chi connectivity index (χ0) is 9.52. The molecule has 0 aromatic rings. The van der Waals surface area contributed by atoms with Crippen LogP contribution in [-0.4, -0.2) is 32.3 Å². The summed E-state index contributed by atoms with van der Waals surface area (Å²) in [7, 11) is 1.63. The van der Waals surface area contributed by atoms with Crippen LogP contribution in [-0.2, 0) is 4.74 Å². The summed E-state index contributed by atoms with van der Waals surface area (Å²) in [5.74, 6) is 0.498. The first kappa shape index (κ1) is 9.81. The van der Waals surface area contributed by atoms with Gasteiger partial charge in [0.05, 0.1) is 6.10 Å². The Hall–Kier alpha value is -1.28. The molecule has 0 bridgehead atoms. The topological polar surface area (TPSA) is 69.4 Å². The van der Waals surface area contributed by atoms with Crippen LogP contribution < -0.4 is 10.6 Å². The number of aliphatic imine (C=N–C) groups is 1. The first-order valence-electron chi connectivity index (χ1n) is 4.34. The molecule has 0 saturated carbocycles. The van der Waals surface area contributed by atoms with Gasteiger partial charge < -0.3 is 10.1 Å². The molecule has 72 valence electrons. The molecule has 1 unspecified atom stereocenters. The number of nitriles is 1. The first-order valence-corrected chi connectivity index (χ1v) is 4.34. The Kier molecular flexibility index (Phi) is 4.06. The highest BCUT2D eigenvalue weighted by molar-refractivity contribution is 5.80. The number of hydrogen-bond acceptors (Lipinski definition) is 3. The molecule has 1 heterocycles. The Morgan fingerprint density at radius 1 is 1.77 bits per heavy atom. The molecular formula is C8H14N4O. The van der Waals surface area contributed by atoms with E-state index >= 15 is 0 Å². The van der Waals surface area contributed by atoms with E-state index in [1.54, 1.807) is 7.05 Å². The van der Waals surface area contributed by atoms with Gasteiger partial charge in [0.1, 0.15) is 0 Å². The number of nitrogens with zero attached hydrogens (tertiary/aromatic N) is 2. The smallest absolute Gasteiger partial charge is 0.204 e. The zero-order valence-electron chi connectivity index (χ0n) is 7.71. The lowest BCUT2D eigenvalue weighted by atomic mass is 10.2. The average Bonchev–Trinajstić information content (AvgIpc) is 2.64. The van der Waals surface area contributed by atoms with Crippen molar-refractivity contribution < 1.29 is 4.74 Å². The Morgan fingerprint density at radius 3 is 3.15 bits per heavy atom. The van der Waals surface area contributed by atoms with Crippen LogP contribution in [0.5, 0.6) is 0 Å². The van der Waals surface area contributed by atoms with Crippen molar-refractivity contribution >= 4 is 5.96 Å². The van der Waals surface area contributed by atoms with Crippen LogP contribution in [0, 0.1) is 11.5 Å². The molecule has 1 rings (SSSR count). The molecule has 0 aromatic carbocycles. The Morgan fingerprint density at radius 2 is 2.62 bits per heavy atom. The van der Waals surface area contributed by atoms with Crippen molar-refractivity contribution in [2.24, 2.45) is 4.99 Å². The van der Waals surface area contributed by atoms with E-state index in [1.807, 2.05) is 6.19 Å². The van der Waals surface area contributed by atoms with Gasteiger partial charge in [-0.2, -0.15) is 5.26 Å². The highest BCUT2D eigenvalue weighted by atomic mass is 16.5. The second-order valence-corrected chi connectivity index (χ2v) is 2.82. The van der Waals surface area contributed by atoms with E-state index in [1.165, 1.54) is 0 Å². The highest BCUT2D eigenvalue weighted by Gasteiger charge is 2.15. The van der Waals surface area contributed by atoms with Crippen LogP contribution in [0.2, 0.25) is 0 Å². The third-order valence-corrected chi connectivity index (χ3v) is 1.92. The number of hydrogen-bond donors (Lipinski definition) is 2. The molecule has 1 aliphatic heterocycles. The summed E-state index contributed by atoms with van der Waals surface area (Å²) in [4.78, 5) is 3.86. The largest absolute Gasteiger partial charge is 0.376 e. The number of ether oxygens (including phenoxy) is 1. The maximum atomic E-state index is 8.35. The maximum Gasteiger partial charge on any atom is 0.204 e. The van der Waals surface area contributed by atoms with Crippen LogP contribution >= 0.6 is 0 Å². The second-order valence-electron chi connectivity index (χ2n) is 2.82. The molecule has 1 saturated heterocycles. The summed E-state index contributed by atoms with van der Waals surface area (Å²) < 4.78 is 5.40. The van der Waals surface area contributed by atoms with Crippen molar-refractivity contribution in [3.8, 4) is 6.19 Å². The monoisotopic (exact) mass is 182 g/mol. The third-order valence-electron chi connectivity index (χ3n) is 1.92. The van der Waals surface area contributed by atoms with Gasteiger partial charge in [0.2, 0.25) is 5.96 Å². The van der Waals surface area contributed by atoms with E-state index in [0.717, 1.165) is 19.4 Å². The summed E-state index contributed by atoms with van der Waals surface area (Å²) in [6, 6.07) is 0. The third kappa shape index (κ3) is 3.30. The van der Waals surface area contributed by atoms with E-state index in [-0.39, 0.29) is 6.10 Å². The molecule has 0 radical (unpaired) electrons. The van der Waals surface area contributed by atoms with Gasteiger partial charge >= 0.3 is 0 Å². The molecular weight excluding hydrogens is 168 g/mol. The molecule has 0 aliphatic carbocycles. The minimum absolute atomic E-state index is 0.261.